The summed E-state index contributed by atoms with van der Waals surface area (Å²) in [4.78, 5) is 28.3. The Labute approximate surface area is 108 Å². The van der Waals surface area contributed by atoms with E-state index in [1.165, 1.54) is 0 Å². The second kappa shape index (κ2) is 7.33. The number of piperazine rings is 1. The summed E-state index contributed by atoms with van der Waals surface area (Å²) >= 11 is 0. The van der Waals surface area contributed by atoms with Gasteiger partial charge in [-0.25, -0.2) is 0 Å². The van der Waals surface area contributed by atoms with E-state index in [1.807, 2.05) is 23.9 Å². The molecule has 0 aromatic heterocycles. The number of aliphatic carboxylic acids is 1. The van der Waals surface area contributed by atoms with Gasteiger partial charge in [0, 0.05) is 45.7 Å². The van der Waals surface area contributed by atoms with Crippen molar-refractivity contribution >= 4 is 11.9 Å². The Hall–Kier alpha value is -1.14. The zero-order chi connectivity index (χ0) is 13.5. The van der Waals surface area contributed by atoms with Crippen LogP contribution in [0.15, 0.2) is 0 Å². The van der Waals surface area contributed by atoms with Crippen molar-refractivity contribution in [1.82, 2.24) is 14.7 Å². The number of nitrogens with zero attached hydrogens (tertiary/aromatic N) is 3. The summed E-state index contributed by atoms with van der Waals surface area (Å²) in [5.74, 6) is -0.568. The summed E-state index contributed by atoms with van der Waals surface area (Å²) in [7, 11) is 3.91. The van der Waals surface area contributed by atoms with Gasteiger partial charge in [-0.15, -0.1) is 0 Å². The number of rotatable bonds is 6. The molecule has 0 aromatic carbocycles. The zero-order valence-electron chi connectivity index (χ0n) is 11.3. The Morgan fingerprint density at radius 1 is 1.11 bits per heavy atom. The molecule has 0 unspecified atom stereocenters. The van der Waals surface area contributed by atoms with Crippen LogP contribution >= 0.6 is 0 Å². The van der Waals surface area contributed by atoms with Gasteiger partial charge in [0.25, 0.3) is 0 Å². The van der Waals surface area contributed by atoms with E-state index in [1.54, 1.807) is 0 Å². The van der Waals surface area contributed by atoms with Gasteiger partial charge in [0.05, 0.1) is 6.42 Å². The van der Waals surface area contributed by atoms with Crippen molar-refractivity contribution in [2.75, 3.05) is 53.4 Å². The van der Waals surface area contributed by atoms with Crippen LogP contribution in [-0.4, -0.2) is 85.0 Å². The minimum atomic E-state index is -0.764. The number of amides is 1. The maximum atomic E-state index is 11.9. The maximum Gasteiger partial charge on any atom is 0.304 e. The third-order valence-corrected chi connectivity index (χ3v) is 3.14. The quantitative estimate of drug-likeness (QED) is 0.699. The lowest BCUT2D eigenvalue weighted by molar-refractivity contribution is -0.138. The van der Waals surface area contributed by atoms with E-state index >= 15 is 0 Å². The molecule has 6 heteroatoms. The van der Waals surface area contributed by atoms with Crippen molar-refractivity contribution in [3.8, 4) is 0 Å². The lowest BCUT2D eigenvalue weighted by Crippen LogP contribution is -2.49. The summed E-state index contributed by atoms with van der Waals surface area (Å²) in [5.41, 5.74) is 0. The molecule has 1 rings (SSSR count). The molecule has 1 heterocycles. The normalized spacial score (nSPS) is 17.2. The van der Waals surface area contributed by atoms with Gasteiger partial charge in [-0.05, 0) is 14.1 Å². The van der Waals surface area contributed by atoms with E-state index in [-0.39, 0.29) is 12.3 Å². The van der Waals surface area contributed by atoms with Gasteiger partial charge in [0.15, 0.2) is 0 Å². The summed E-state index contributed by atoms with van der Waals surface area (Å²) in [6.45, 7) is 4.34. The first-order valence-electron chi connectivity index (χ1n) is 6.35. The molecule has 1 amide bonds. The summed E-state index contributed by atoms with van der Waals surface area (Å²) in [5, 5.41) is 8.61. The molecule has 1 fully saturated rings. The molecule has 1 saturated heterocycles. The van der Waals surface area contributed by atoms with Gasteiger partial charge >= 0.3 is 5.97 Å². The molecule has 18 heavy (non-hydrogen) atoms. The average molecular weight is 257 g/mol. The van der Waals surface area contributed by atoms with E-state index in [4.69, 9.17) is 5.11 Å². The monoisotopic (exact) mass is 257 g/mol. The Bertz CT molecular complexity index is 286. The van der Waals surface area contributed by atoms with E-state index in [2.05, 4.69) is 4.90 Å². The highest BCUT2D eigenvalue weighted by Crippen LogP contribution is 2.04. The fraction of sp³-hybridized carbons (Fsp3) is 0.833. The van der Waals surface area contributed by atoms with E-state index in [9.17, 15) is 9.59 Å². The number of hydrogen-bond acceptors (Lipinski definition) is 4. The van der Waals surface area contributed by atoms with Gasteiger partial charge in [-0.3, -0.25) is 14.5 Å². The Balaban J connectivity index is 2.22. The summed E-state index contributed by atoms with van der Waals surface area (Å²) < 4.78 is 0. The highest BCUT2D eigenvalue weighted by atomic mass is 16.4. The van der Waals surface area contributed by atoms with Gasteiger partial charge < -0.3 is 14.9 Å². The average Bonchev–Trinajstić information content (AvgIpc) is 2.34. The SMILES string of the molecule is CN(C)CCC(=O)N1CCN(CCC(=O)O)CC1. The first-order valence-corrected chi connectivity index (χ1v) is 6.35. The van der Waals surface area contributed by atoms with Gasteiger partial charge in [0.1, 0.15) is 0 Å². The van der Waals surface area contributed by atoms with Crippen molar-refractivity contribution in [3.05, 3.63) is 0 Å². The van der Waals surface area contributed by atoms with E-state index in [0.717, 1.165) is 19.6 Å². The van der Waals surface area contributed by atoms with Crippen LogP contribution < -0.4 is 0 Å². The summed E-state index contributed by atoms with van der Waals surface area (Å²) in [6.07, 6.45) is 0.733. The predicted molar refractivity (Wildman–Crippen MR) is 68.4 cm³/mol. The minimum Gasteiger partial charge on any atom is -0.481 e. The molecule has 0 atom stereocenters. The molecular weight excluding hydrogens is 234 g/mol. The third kappa shape index (κ3) is 5.46. The molecule has 0 aliphatic carbocycles. The van der Waals surface area contributed by atoms with Crippen LogP contribution in [0.5, 0.6) is 0 Å². The molecule has 1 aliphatic rings. The van der Waals surface area contributed by atoms with Crippen molar-refractivity contribution in [2.24, 2.45) is 0 Å². The van der Waals surface area contributed by atoms with Crippen molar-refractivity contribution < 1.29 is 14.7 Å². The highest BCUT2D eigenvalue weighted by molar-refractivity contribution is 5.76. The van der Waals surface area contributed by atoms with Crippen molar-refractivity contribution in [3.63, 3.8) is 0 Å². The fourth-order valence-corrected chi connectivity index (χ4v) is 1.95. The van der Waals surface area contributed by atoms with Crippen LogP contribution in [0.25, 0.3) is 0 Å². The van der Waals surface area contributed by atoms with Crippen molar-refractivity contribution in [2.45, 2.75) is 12.8 Å². The topological polar surface area (TPSA) is 64.1 Å². The molecule has 1 aliphatic heterocycles. The predicted octanol–water partition coefficient (Wildman–Crippen LogP) is -0.443. The number of hydrogen-bond donors (Lipinski definition) is 1. The van der Waals surface area contributed by atoms with Crippen molar-refractivity contribution in [1.29, 1.82) is 0 Å². The molecule has 0 spiro atoms. The number of carboxylic acid groups (broad SMARTS) is 1. The van der Waals surface area contributed by atoms with Crippen LogP contribution in [0.1, 0.15) is 12.8 Å². The number of carboxylic acids is 1. The third-order valence-electron chi connectivity index (χ3n) is 3.14. The number of carbonyl (C=O) groups is 2. The smallest absolute Gasteiger partial charge is 0.304 e. The fourth-order valence-electron chi connectivity index (χ4n) is 1.95. The van der Waals surface area contributed by atoms with Crippen LogP contribution in [0, 0.1) is 0 Å². The Morgan fingerprint density at radius 3 is 2.22 bits per heavy atom. The standard InChI is InChI=1S/C12H23N3O3/c1-13(2)5-3-11(16)15-9-7-14(8-10-15)6-4-12(17)18/h3-10H2,1-2H3,(H,17,18). The van der Waals surface area contributed by atoms with Crippen LogP contribution in [0.2, 0.25) is 0 Å². The molecule has 1 N–H and O–H groups in total. The molecule has 0 bridgehead atoms. The Kier molecular flexibility index (Phi) is 6.07. The lowest BCUT2D eigenvalue weighted by Gasteiger charge is -2.34. The molecule has 104 valence electrons. The van der Waals surface area contributed by atoms with Crippen LogP contribution in [0.3, 0.4) is 0 Å². The Morgan fingerprint density at radius 2 is 1.72 bits per heavy atom. The van der Waals surface area contributed by atoms with E-state index in [0.29, 0.717) is 26.1 Å². The summed E-state index contributed by atoms with van der Waals surface area (Å²) in [6, 6.07) is 0. The maximum absolute atomic E-state index is 11.9. The largest absolute Gasteiger partial charge is 0.481 e. The lowest BCUT2D eigenvalue weighted by atomic mass is 10.2. The molecule has 0 saturated carbocycles. The van der Waals surface area contributed by atoms with Gasteiger partial charge in [-0.2, -0.15) is 0 Å². The molecule has 0 aromatic rings. The minimum absolute atomic E-state index is 0.175. The van der Waals surface area contributed by atoms with Crippen LogP contribution in [-0.2, 0) is 9.59 Å². The second-order valence-electron chi connectivity index (χ2n) is 4.92. The highest BCUT2D eigenvalue weighted by Gasteiger charge is 2.20. The molecule has 0 radical (unpaired) electrons. The van der Waals surface area contributed by atoms with Crippen LogP contribution in [0.4, 0.5) is 0 Å². The van der Waals surface area contributed by atoms with Gasteiger partial charge in [-0.1, -0.05) is 0 Å². The van der Waals surface area contributed by atoms with E-state index < -0.39 is 5.97 Å². The van der Waals surface area contributed by atoms with Gasteiger partial charge in [0.2, 0.25) is 5.91 Å². The molecular formula is C12H23N3O3. The first-order chi connectivity index (χ1) is 8.49. The zero-order valence-corrected chi connectivity index (χ0v) is 11.3. The first kappa shape index (κ1) is 14.9. The molecule has 6 nitrogen and oxygen atoms in total. The second-order valence-corrected chi connectivity index (χ2v) is 4.92. The number of carbonyl (C=O) groups excluding carboxylic acids is 1.